The van der Waals surface area contributed by atoms with Gasteiger partial charge < -0.3 is 9.47 Å². The van der Waals surface area contributed by atoms with Gasteiger partial charge in [0.2, 0.25) is 6.79 Å². The van der Waals surface area contributed by atoms with Gasteiger partial charge in [-0.25, -0.2) is 0 Å². The van der Waals surface area contributed by atoms with Gasteiger partial charge in [-0.15, -0.1) is 0 Å². The van der Waals surface area contributed by atoms with Crippen LogP contribution in [0.1, 0.15) is 58.3 Å². The number of carbonyl (C=O) groups is 2. The Labute approximate surface area is 103 Å². The Morgan fingerprint density at radius 1 is 1.12 bits per heavy atom. The van der Waals surface area contributed by atoms with Crippen molar-refractivity contribution in [3.8, 4) is 0 Å². The lowest BCUT2D eigenvalue weighted by Gasteiger charge is -2.19. The second-order valence-electron chi connectivity index (χ2n) is 4.54. The van der Waals surface area contributed by atoms with Crippen LogP contribution in [0.15, 0.2) is 0 Å². The Balaban J connectivity index is 2.08. The lowest BCUT2D eigenvalue weighted by Crippen LogP contribution is -2.22. The first-order valence-corrected chi connectivity index (χ1v) is 6.56. The summed E-state index contributed by atoms with van der Waals surface area (Å²) in [6, 6.07) is 0. The molecule has 0 aromatic heterocycles. The van der Waals surface area contributed by atoms with E-state index in [4.69, 9.17) is 9.47 Å². The summed E-state index contributed by atoms with van der Waals surface area (Å²) in [6.45, 7) is 1.79. The van der Waals surface area contributed by atoms with Gasteiger partial charge in [-0.3, -0.25) is 9.59 Å². The maximum atomic E-state index is 11.6. The zero-order chi connectivity index (χ0) is 12.5. The number of hydrogen-bond acceptors (Lipinski definition) is 4. The fourth-order valence-electron chi connectivity index (χ4n) is 2.00. The number of ether oxygens (including phenoxy) is 2. The molecule has 0 bridgehead atoms. The molecule has 1 fully saturated rings. The number of unbranched alkanes of at least 4 members (excludes halogenated alkanes) is 1. The van der Waals surface area contributed by atoms with Gasteiger partial charge in [-0.1, -0.05) is 32.6 Å². The molecule has 1 aliphatic carbocycles. The van der Waals surface area contributed by atoms with E-state index in [0.717, 1.165) is 38.5 Å². The fraction of sp³-hybridized carbons (Fsp3) is 0.846. The second kappa shape index (κ2) is 8.09. The van der Waals surface area contributed by atoms with Crippen molar-refractivity contribution >= 4 is 11.9 Å². The molecule has 17 heavy (non-hydrogen) atoms. The lowest BCUT2D eigenvalue weighted by atomic mass is 9.89. The predicted molar refractivity (Wildman–Crippen MR) is 63.2 cm³/mol. The first-order chi connectivity index (χ1) is 8.24. The van der Waals surface area contributed by atoms with Crippen molar-refractivity contribution in [2.24, 2.45) is 5.92 Å². The Kier molecular flexibility index (Phi) is 6.67. The molecule has 0 spiro atoms. The van der Waals surface area contributed by atoms with E-state index in [0.29, 0.717) is 6.42 Å². The highest BCUT2D eigenvalue weighted by Gasteiger charge is 2.22. The highest BCUT2D eigenvalue weighted by Crippen LogP contribution is 2.24. The summed E-state index contributed by atoms with van der Waals surface area (Å²) in [5.74, 6) is -0.491. The average Bonchev–Trinajstić information content (AvgIpc) is 2.37. The molecule has 0 aliphatic heterocycles. The van der Waals surface area contributed by atoms with E-state index in [9.17, 15) is 9.59 Å². The van der Waals surface area contributed by atoms with Gasteiger partial charge in [-0.2, -0.15) is 0 Å². The maximum absolute atomic E-state index is 11.6. The first kappa shape index (κ1) is 14.0. The quantitative estimate of drug-likeness (QED) is 0.531. The zero-order valence-corrected chi connectivity index (χ0v) is 10.6. The van der Waals surface area contributed by atoms with Crippen LogP contribution in [0.5, 0.6) is 0 Å². The van der Waals surface area contributed by atoms with Crippen molar-refractivity contribution < 1.29 is 19.1 Å². The van der Waals surface area contributed by atoms with Crippen LogP contribution in [-0.4, -0.2) is 18.7 Å². The molecule has 0 N–H and O–H groups in total. The summed E-state index contributed by atoms with van der Waals surface area (Å²) in [7, 11) is 0. The van der Waals surface area contributed by atoms with Crippen LogP contribution >= 0.6 is 0 Å². The Morgan fingerprint density at radius 2 is 1.82 bits per heavy atom. The summed E-state index contributed by atoms with van der Waals surface area (Å²) >= 11 is 0. The molecule has 1 aliphatic rings. The third-order valence-corrected chi connectivity index (χ3v) is 3.09. The van der Waals surface area contributed by atoms with E-state index in [1.807, 2.05) is 6.92 Å². The molecule has 4 nitrogen and oxygen atoms in total. The highest BCUT2D eigenvalue weighted by molar-refractivity contribution is 5.73. The third-order valence-electron chi connectivity index (χ3n) is 3.09. The normalized spacial score (nSPS) is 16.5. The minimum Gasteiger partial charge on any atom is -0.428 e. The van der Waals surface area contributed by atoms with Crippen molar-refractivity contribution in [1.82, 2.24) is 0 Å². The molecule has 0 aromatic carbocycles. The van der Waals surface area contributed by atoms with Gasteiger partial charge in [0.15, 0.2) is 0 Å². The van der Waals surface area contributed by atoms with Crippen LogP contribution < -0.4 is 0 Å². The molecule has 4 heteroatoms. The number of hydrogen-bond donors (Lipinski definition) is 0. The van der Waals surface area contributed by atoms with Crippen LogP contribution in [-0.2, 0) is 19.1 Å². The van der Waals surface area contributed by atoms with Gasteiger partial charge in [0.1, 0.15) is 0 Å². The SMILES string of the molecule is CCCCC(=O)OCOC(=O)C1CCCCC1. The van der Waals surface area contributed by atoms with E-state index in [2.05, 4.69) is 0 Å². The molecule has 0 atom stereocenters. The largest absolute Gasteiger partial charge is 0.428 e. The van der Waals surface area contributed by atoms with Crippen molar-refractivity contribution in [1.29, 1.82) is 0 Å². The molecule has 1 rings (SSSR count). The smallest absolute Gasteiger partial charge is 0.311 e. The van der Waals surface area contributed by atoms with Crippen LogP contribution in [0.3, 0.4) is 0 Å². The molecule has 0 saturated heterocycles. The van der Waals surface area contributed by atoms with Gasteiger partial charge in [0, 0.05) is 6.42 Å². The lowest BCUT2D eigenvalue weighted by molar-refractivity contribution is -0.170. The van der Waals surface area contributed by atoms with Crippen LogP contribution in [0.4, 0.5) is 0 Å². The Bertz CT molecular complexity index is 244. The predicted octanol–water partition coefficient (Wildman–Crippen LogP) is 2.80. The Morgan fingerprint density at radius 3 is 2.47 bits per heavy atom. The van der Waals surface area contributed by atoms with Crippen molar-refractivity contribution in [2.75, 3.05) is 6.79 Å². The highest BCUT2D eigenvalue weighted by atomic mass is 16.7. The van der Waals surface area contributed by atoms with Crippen molar-refractivity contribution in [3.05, 3.63) is 0 Å². The minimum atomic E-state index is -0.289. The first-order valence-electron chi connectivity index (χ1n) is 6.56. The van der Waals surface area contributed by atoms with Gasteiger partial charge in [0.25, 0.3) is 0 Å². The standard InChI is InChI=1S/C13H22O4/c1-2-3-9-12(14)16-10-17-13(15)11-7-5-4-6-8-11/h11H,2-10H2,1H3. The molecule has 0 unspecified atom stereocenters. The number of rotatable bonds is 6. The summed E-state index contributed by atoms with van der Waals surface area (Å²) in [5.41, 5.74) is 0. The van der Waals surface area contributed by atoms with E-state index in [1.54, 1.807) is 0 Å². The number of carbonyl (C=O) groups excluding carboxylic acids is 2. The minimum absolute atomic E-state index is 0.0121. The monoisotopic (exact) mass is 242 g/mol. The summed E-state index contributed by atoms with van der Waals surface area (Å²) in [5, 5.41) is 0. The van der Waals surface area contributed by atoms with Crippen molar-refractivity contribution in [2.45, 2.75) is 58.3 Å². The van der Waals surface area contributed by atoms with E-state index in [1.165, 1.54) is 6.42 Å². The van der Waals surface area contributed by atoms with E-state index in [-0.39, 0.29) is 24.6 Å². The van der Waals surface area contributed by atoms with E-state index < -0.39 is 0 Å². The molecular weight excluding hydrogens is 220 g/mol. The summed E-state index contributed by atoms with van der Waals surface area (Å²) < 4.78 is 9.77. The molecular formula is C13H22O4. The van der Waals surface area contributed by atoms with Crippen LogP contribution in [0, 0.1) is 5.92 Å². The van der Waals surface area contributed by atoms with Crippen LogP contribution in [0.2, 0.25) is 0 Å². The molecule has 0 radical (unpaired) electrons. The zero-order valence-electron chi connectivity index (χ0n) is 10.6. The topological polar surface area (TPSA) is 52.6 Å². The van der Waals surface area contributed by atoms with Crippen molar-refractivity contribution in [3.63, 3.8) is 0 Å². The summed E-state index contributed by atoms with van der Waals surface area (Å²) in [6.07, 6.45) is 7.37. The Hall–Kier alpha value is -1.06. The molecule has 0 amide bonds. The second-order valence-corrected chi connectivity index (χ2v) is 4.54. The third kappa shape index (κ3) is 5.71. The van der Waals surface area contributed by atoms with Gasteiger partial charge in [-0.05, 0) is 19.3 Å². The van der Waals surface area contributed by atoms with Gasteiger partial charge in [0.05, 0.1) is 5.92 Å². The number of esters is 2. The molecule has 0 aromatic rings. The van der Waals surface area contributed by atoms with E-state index >= 15 is 0 Å². The summed E-state index contributed by atoms with van der Waals surface area (Å²) in [4.78, 5) is 22.7. The molecule has 98 valence electrons. The van der Waals surface area contributed by atoms with Gasteiger partial charge >= 0.3 is 11.9 Å². The molecule has 0 heterocycles. The molecule has 1 saturated carbocycles. The average molecular weight is 242 g/mol. The van der Waals surface area contributed by atoms with Crippen LogP contribution in [0.25, 0.3) is 0 Å². The maximum Gasteiger partial charge on any atom is 0.311 e. The fourth-order valence-corrected chi connectivity index (χ4v) is 2.00.